The first-order chi connectivity index (χ1) is 28.3. The number of benzene rings is 4. The highest BCUT2D eigenvalue weighted by Gasteiger charge is 2.51. The molecule has 2 heteroatoms. The minimum Gasteiger partial charge on any atom is -0.515 e. The molecule has 5 aliphatic carbocycles. The Morgan fingerprint density at radius 1 is 0.684 bits per heavy atom. The Bertz CT molecular complexity index is 2670. The molecule has 0 saturated heterocycles. The minimum atomic E-state index is -0.728. The third kappa shape index (κ3) is 6.72. The third-order valence-electron chi connectivity index (χ3n) is 11.9. The number of fused-ring (bicyclic) bond motifs is 10. The Morgan fingerprint density at radius 3 is 2.25 bits per heavy atom. The molecule has 9 rings (SSSR count). The fourth-order valence-electron chi connectivity index (χ4n) is 9.36. The molecule has 0 bridgehead atoms. The molecule has 0 aromatic heterocycles. The molecule has 278 valence electrons. The zero-order valence-electron chi connectivity index (χ0n) is 32.2. The Labute approximate surface area is 336 Å². The first kappa shape index (κ1) is 36.0. The molecular weight excluding hydrogens is 691 g/mol. The average molecular weight is 738 g/mol. The molecular formula is C55H47NO. The molecule has 2 nitrogen and oxygen atoms in total. The van der Waals surface area contributed by atoms with Crippen molar-refractivity contribution in [2.24, 2.45) is 5.92 Å². The summed E-state index contributed by atoms with van der Waals surface area (Å²) >= 11 is 0. The smallest absolute Gasteiger partial charge is 0.0839 e. The largest absolute Gasteiger partial charge is 0.515 e. The highest BCUT2D eigenvalue weighted by Crippen LogP contribution is 2.61. The summed E-state index contributed by atoms with van der Waals surface area (Å²) in [6, 6.07) is 28.3. The van der Waals surface area contributed by atoms with Crippen LogP contribution in [0.25, 0.3) is 27.1 Å². The van der Waals surface area contributed by atoms with Gasteiger partial charge in [0, 0.05) is 17.8 Å². The van der Waals surface area contributed by atoms with Crippen LogP contribution in [-0.2, 0) is 11.8 Å². The van der Waals surface area contributed by atoms with Gasteiger partial charge in [0.25, 0.3) is 0 Å². The van der Waals surface area contributed by atoms with Gasteiger partial charge in [-0.15, -0.1) is 0 Å². The quantitative estimate of drug-likeness (QED) is 0.153. The molecule has 0 saturated carbocycles. The van der Waals surface area contributed by atoms with Crippen molar-refractivity contribution in [3.63, 3.8) is 0 Å². The van der Waals surface area contributed by atoms with Gasteiger partial charge >= 0.3 is 0 Å². The summed E-state index contributed by atoms with van der Waals surface area (Å²) in [4.78, 5) is 0. The second kappa shape index (κ2) is 16.2. The summed E-state index contributed by atoms with van der Waals surface area (Å²) < 4.78 is 0. The molecule has 0 aliphatic heterocycles. The second-order valence-electron chi connectivity index (χ2n) is 15.2. The summed E-state index contributed by atoms with van der Waals surface area (Å²) in [5.74, 6) is 0.446. The van der Waals surface area contributed by atoms with E-state index in [-0.39, 0.29) is 0 Å². The van der Waals surface area contributed by atoms with Crippen molar-refractivity contribution in [3.8, 4) is 0 Å². The number of nitrogens with one attached hydrogen (secondary N) is 1. The lowest BCUT2D eigenvalue weighted by Gasteiger charge is -2.40. The van der Waals surface area contributed by atoms with Crippen molar-refractivity contribution >= 4 is 27.1 Å². The van der Waals surface area contributed by atoms with E-state index < -0.39 is 5.41 Å². The van der Waals surface area contributed by atoms with Gasteiger partial charge in [0.1, 0.15) is 0 Å². The number of aliphatic hydroxyl groups is 1. The van der Waals surface area contributed by atoms with Crippen LogP contribution >= 0.6 is 0 Å². The molecule has 0 radical (unpaired) electrons. The lowest BCUT2D eigenvalue weighted by Crippen LogP contribution is -2.33. The standard InChI is InChI=1S/C55H47NO/c57-39-44-28-13-10-24-42-25-12-19-34-50(42)55(44)51-35-9-3-8-26-43(52(37-36-40-20-4-1-5-21-40)56-38-41-22-6-2-7-23-41)27-11-14-33-49(51)53-47-31-17-15-29-45(47)46-30-16-18-32-48(46)54(53)55/h1-18,20-22,24-33,35,37,39,41,56-57H,19,23,34,36,38H2/b8-3+,9-3?,14-11?,24-10-,26-8?,27-11-,28-13-,33-14-,35-9+,43-26+,43-27?,44-39-,49-33?,51-35?,52-37-. The third-order valence-corrected chi connectivity index (χ3v) is 11.9. The van der Waals surface area contributed by atoms with E-state index in [2.05, 4.69) is 206 Å². The molecule has 0 fully saturated rings. The number of rotatable bonds is 6. The van der Waals surface area contributed by atoms with E-state index in [0.717, 1.165) is 49.1 Å². The lowest BCUT2D eigenvalue weighted by molar-refractivity contribution is 0.459. The molecule has 4 aromatic rings. The summed E-state index contributed by atoms with van der Waals surface area (Å²) in [5, 5.41) is 20.1. The summed E-state index contributed by atoms with van der Waals surface area (Å²) in [6.07, 6.45) is 49.2. The molecule has 0 amide bonds. The van der Waals surface area contributed by atoms with Crippen molar-refractivity contribution in [1.29, 1.82) is 0 Å². The van der Waals surface area contributed by atoms with Gasteiger partial charge in [-0.2, -0.15) is 0 Å². The summed E-state index contributed by atoms with van der Waals surface area (Å²) in [7, 11) is 0. The second-order valence-corrected chi connectivity index (χ2v) is 15.2. The van der Waals surface area contributed by atoms with Gasteiger partial charge in [-0.05, 0) is 97.7 Å². The Balaban J connectivity index is 1.23. The summed E-state index contributed by atoms with van der Waals surface area (Å²) in [5.41, 5.74) is 11.0. The van der Waals surface area contributed by atoms with Crippen LogP contribution in [0.1, 0.15) is 36.0 Å². The van der Waals surface area contributed by atoms with Crippen LogP contribution < -0.4 is 5.32 Å². The van der Waals surface area contributed by atoms with Crippen LogP contribution in [-0.4, -0.2) is 11.7 Å². The van der Waals surface area contributed by atoms with Crippen molar-refractivity contribution in [2.75, 3.05) is 6.54 Å². The maximum Gasteiger partial charge on any atom is 0.0839 e. The van der Waals surface area contributed by atoms with E-state index >= 15 is 0 Å². The van der Waals surface area contributed by atoms with E-state index in [1.807, 2.05) is 0 Å². The zero-order valence-corrected chi connectivity index (χ0v) is 32.2. The van der Waals surface area contributed by atoms with Crippen molar-refractivity contribution in [3.05, 3.63) is 257 Å². The van der Waals surface area contributed by atoms with Crippen molar-refractivity contribution < 1.29 is 5.11 Å². The molecule has 4 aromatic carbocycles. The number of allylic oxidation sites excluding steroid dienone is 24. The fraction of sp³-hybridized carbons (Fsp3) is 0.127. The van der Waals surface area contributed by atoms with Crippen molar-refractivity contribution in [2.45, 2.75) is 31.1 Å². The maximum atomic E-state index is 11.4. The van der Waals surface area contributed by atoms with E-state index in [4.69, 9.17) is 0 Å². The van der Waals surface area contributed by atoms with Gasteiger partial charge in [0.2, 0.25) is 0 Å². The van der Waals surface area contributed by atoms with Crippen molar-refractivity contribution in [1.82, 2.24) is 5.32 Å². The number of hydrogen-bond donors (Lipinski definition) is 2. The molecule has 1 spiro atoms. The van der Waals surface area contributed by atoms with E-state index in [1.165, 1.54) is 66.8 Å². The van der Waals surface area contributed by atoms with Gasteiger partial charge in [-0.3, -0.25) is 0 Å². The maximum absolute atomic E-state index is 11.4. The van der Waals surface area contributed by atoms with Gasteiger partial charge in [0.05, 0.1) is 11.7 Å². The normalized spacial score (nSPS) is 26.4. The Hall–Kier alpha value is -6.64. The molecule has 57 heavy (non-hydrogen) atoms. The predicted octanol–water partition coefficient (Wildman–Crippen LogP) is 13.2. The average Bonchev–Trinajstić information content (AvgIpc) is 3.54. The van der Waals surface area contributed by atoms with Crippen LogP contribution in [0.3, 0.4) is 0 Å². The molecule has 5 aliphatic rings. The highest BCUT2D eigenvalue weighted by atomic mass is 16.2. The Morgan fingerprint density at radius 2 is 1.42 bits per heavy atom. The lowest BCUT2D eigenvalue weighted by atomic mass is 9.61. The van der Waals surface area contributed by atoms with E-state index in [1.54, 1.807) is 0 Å². The molecule has 0 heterocycles. The van der Waals surface area contributed by atoms with Gasteiger partial charge < -0.3 is 10.4 Å². The fourth-order valence-corrected chi connectivity index (χ4v) is 9.36. The zero-order chi connectivity index (χ0) is 38.4. The van der Waals surface area contributed by atoms with Crippen LogP contribution in [0.4, 0.5) is 0 Å². The van der Waals surface area contributed by atoms with Crippen LogP contribution in [0.15, 0.2) is 240 Å². The minimum absolute atomic E-state index is 0.446. The molecule has 2 atom stereocenters. The van der Waals surface area contributed by atoms with Crippen LogP contribution in [0.2, 0.25) is 0 Å². The predicted molar refractivity (Wildman–Crippen MR) is 242 cm³/mol. The van der Waals surface area contributed by atoms with E-state index in [9.17, 15) is 5.11 Å². The topological polar surface area (TPSA) is 32.3 Å². The number of aliphatic hydroxyl groups excluding tert-OH is 1. The highest BCUT2D eigenvalue weighted by molar-refractivity contribution is 6.18. The summed E-state index contributed by atoms with van der Waals surface area (Å²) in [6.45, 7) is 0.861. The van der Waals surface area contributed by atoms with E-state index in [0.29, 0.717) is 5.92 Å². The van der Waals surface area contributed by atoms with Gasteiger partial charge in [-0.1, -0.05) is 200 Å². The monoisotopic (exact) mass is 737 g/mol. The van der Waals surface area contributed by atoms with Gasteiger partial charge in [0.15, 0.2) is 0 Å². The SMILES string of the molecule is O/C=C1/C=C\C=C/C2=C(CCC=C2)C12C1=C(/C=C\C=C/C(C(=C/Cc3ccccc3)/NCC3C=CC=CC3)=C\C=C\C=C\1)c1c2c2ccccc2c2ccccc12. The number of hydrogen-bond acceptors (Lipinski definition) is 2. The first-order valence-electron chi connectivity index (χ1n) is 20.3. The first-order valence-corrected chi connectivity index (χ1v) is 20.3. The van der Waals surface area contributed by atoms with Crippen LogP contribution in [0.5, 0.6) is 0 Å². The van der Waals surface area contributed by atoms with Crippen LogP contribution in [0, 0.1) is 5.92 Å². The molecule has 2 N–H and O–H groups in total. The Kier molecular flexibility index (Phi) is 10.3. The van der Waals surface area contributed by atoms with Gasteiger partial charge in [-0.25, -0.2) is 0 Å². The molecule has 2 unspecified atom stereocenters.